The Morgan fingerprint density at radius 2 is 1.49 bits per heavy atom. The van der Waals surface area contributed by atoms with Crippen LogP contribution in [0.3, 0.4) is 0 Å². The van der Waals surface area contributed by atoms with E-state index in [9.17, 15) is 14.4 Å². The van der Waals surface area contributed by atoms with E-state index in [1.54, 1.807) is 11.0 Å². The minimum absolute atomic E-state index is 0.149. The molecular formula is C31H29N3O3. The standard InChI is InChI=1S/C31H29N3O3/c1-2-32-30(36)27(19-22-11-5-3-6-12-22)33(20-23-13-7-4-8-14-23)28(35)21-34-26-18-10-16-24-15-9-17-25(29(24)26)31(34)37/h3-18,27H,2,19-21H2,1H3,(H,32,36). The van der Waals surface area contributed by atoms with Gasteiger partial charge < -0.3 is 10.2 Å². The van der Waals surface area contributed by atoms with Crippen molar-refractivity contribution < 1.29 is 14.4 Å². The van der Waals surface area contributed by atoms with Crippen LogP contribution in [0.15, 0.2) is 97.1 Å². The van der Waals surface area contributed by atoms with Gasteiger partial charge in [-0.1, -0.05) is 84.9 Å². The van der Waals surface area contributed by atoms with Crippen LogP contribution < -0.4 is 10.2 Å². The molecule has 1 heterocycles. The van der Waals surface area contributed by atoms with E-state index in [1.807, 2.05) is 97.9 Å². The highest BCUT2D eigenvalue weighted by molar-refractivity contribution is 6.26. The van der Waals surface area contributed by atoms with Crippen molar-refractivity contribution >= 4 is 34.2 Å². The molecule has 186 valence electrons. The van der Waals surface area contributed by atoms with E-state index in [0.29, 0.717) is 18.5 Å². The van der Waals surface area contributed by atoms with Crippen molar-refractivity contribution in [3.63, 3.8) is 0 Å². The van der Waals surface area contributed by atoms with Crippen molar-refractivity contribution in [2.45, 2.75) is 25.9 Å². The lowest BCUT2D eigenvalue weighted by molar-refractivity contribution is -0.140. The maximum absolute atomic E-state index is 14.0. The van der Waals surface area contributed by atoms with Crippen molar-refractivity contribution in [1.82, 2.24) is 10.2 Å². The first-order valence-electron chi connectivity index (χ1n) is 12.6. The Kier molecular flexibility index (Phi) is 6.99. The molecule has 0 spiro atoms. The van der Waals surface area contributed by atoms with Crippen LogP contribution >= 0.6 is 0 Å². The van der Waals surface area contributed by atoms with Crippen LogP contribution in [-0.4, -0.2) is 41.8 Å². The van der Waals surface area contributed by atoms with E-state index in [1.165, 1.54) is 4.90 Å². The lowest BCUT2D eigenvalue weighted by atomic mass is 10.0. The Bertz CT molecular complexity index is 1430. The number of anilines is 1. The highest BCUT2D eigenvalue weighted by Crippen LogP contribution is 2.37. The summed E-state index contributed by atoms with van der Waals surface area (Å²) in [6.45, 7) is 2.43. The summed E-state index contributed by atoms with van der Waals surface area (Å²) in [7, 11) is 0. The van der Waals surface area contributed by atoms with Crippen molar-refractivity contribution in [2.75, 3.05) is 18.0 Å². The fourth-order valence-corrected chi connectivity index (χ4v) is 4.99. The number of benzene rings is 4. The number of carbonyl (C=O) groups is 3. The van der Waals surface area contributed by atoms with Crippen molar-refractivity contribution in [3.05, 3.63) is 114 Å². The normalized spacial score (nSPS) is 13.0. The Labute approximate surface area is 216 Å². The zero-order valence-corrected chi connectivity index (χ0v) is 20.8. The second kappa shape index (κ2) is 10.7. The highest BCUT2D eigenvalue weighted by Gasteiger charge is 2.35. The summed E-state index contributed by atoms with van der Waals surface area (Å²) in [5.41, 5.74) is 3.19. The zero-order valence-electron chi connectivity index (χ0n) is 20.8. The molecular weight excluding hydrogens is 462 g/mol. The highest BCUT2D eigenvalue weighted by atomic mass is 16.2. The number of rotatable bonds is 9. The molecule has 1 unspecified atom stereocenters. The summed E-state index contributed by atoms with van der Waals surface area (Å²) in [6.07, 6.45) is 0.370. The predicted molar refractivity (Wildman–Crippen MR) is 145 cm³/mol. The Morgan fingerprint density at radius 1 is 0.838 bits per heavy atom. The van der Waals surface area contributed by atoms with E-state index in [4.69, 9.17) is 0 Å². The Morgan fingerprint density at radius 3 is 2.16 bits per heavy atom. The monoisotopic (exact) mass is 491 g/mol. The van der Waals surface area contributed by atoms with Crippen LogP contribution in [0.4, 0.5) is 5.69 Å². The summed E-state index contributed by atoms with van der Waals surface area (Å²) in [5.74, 6) is -0.694. The van der Waals surface area contributed by atoms with E-state index in [2.05, 4.69) is 5.32 Å². The zero-order chi connectivity index (χ0) is 25.8. The van der Waals surface area contributed by atoms with Crippen molar-refractivity contribution in [3.8, 4) is 0 Å². The first kappa shape index (κ1) is 24.3. The van der Waals surface area contributed by atoms with E-state index in [-0.39, 0.29) is 30.8 Å². The van der Waals surface area contributed by atoms with Gasteiger partial charge in [-0.05, 0) is 35.6 Å². The molecule has 0 aliphatic carbocycles. The topological polar surface area (TPSA) is 69.7 Å². The fourth-order valence-electron chi connectivity index (χ4n) is 4.99. The van der Waals surface area contributed by atoms with Crippen LogP contribution in [0.2, 0.25) is 0 Å². The molecule has 1 atom stereocenters. The molecule has 0 saturated heterocycles. The van der Waals surface area contributed by atoms with E-state index >= 15 is 0 Å². The molecule has 4 aromatic carbocycles. The molecule has 6 nitrogen and oxygen atoms in total. The molecule has 1 aliphatic rings. The quantitative estimate of drug-likeness (QED) is 0.373. The van der Waals surface area contributed by atoms with Gasteiger partial charge >= 0.3 is 0 Å². The molecule has 1 N–H and O–H groups in total. The number of hydrogen-bond acceptors (Lipinski definition) is 3. The molecule has 0 bridgehead atoms. The van der Waals surface area contributed by atoms with Gasteiger partial charge in [0.25, 0.3) is 5.91 Å². The maximum atomic E-state index is 14.0. The molecule has 3 amide bonds. The number of likely N-dealkylation sites (N-methyl/N-ethyl adjacent to an activating group) is 1. The first-order valence-corrected chi connectivity index (χ1v) is 12.6. The molecule has 37 heavy (non-hydrogen) atoms. The largest absolute Gasteiger partial charge is 0.355 e. The van der Waals surface area contributed by atoms with Gasteiger partial charge in [-0.15, -0.1) is 0 Å². The SMILES string of the molecule is CCNC(=O)C(Cc1ccccc1)N(Cc1ccccc1)C(=O)CN1C(=O)c2cccc3cccc1c23. The van der Waals surface area contributed by atoms with Gasteiger partial charge in [-0.2, -0.15) is 0 Å². The maximum Gasteiger partial charge on any atom is 0.259 e. The minimum Gasteiger partial charge on any atom is -0.355 e. The lowest BCUT2D eigenvalue weighted by Gasteiger charge is -2.33. The third kappa shape index (κ3) is 4.96. The van der Waals surface area contributed by atoms with Gasteiger partial charge in [-0.3, -0.25) is 19.3 Å². The number of nitrogens with one attached hydrogen (secondary N) is 1. The molecule has 0 saturated carbocycles. The van der Waals surface area contributed by atoms with E-state index in [0.717, 1.165) is 27.6 Å². The molecule has 1 aliphatic heterocycles. The van der Waals surface area contributed by atoms with Crippen molar-refractivity contribution in [1.29, 1.82) is 0 Å². The molecule has 4 aromatic rings. The summed E-state index contributed by atoms with van der Waals surface area (Å²) >= 11 is 0. The number of nitrogens with zero attached hydrogens (tertiary/aromatic N) is 2. The van der Waals surface area contributed by atoms with Crippen LogP contribution in [0.5, 0.6) is 0 Å². The average molecular weight is 492 g/mol. The van der Waals surface area contributed by atoms with Gasteiger partial charge in [0.1, 0.15) is 12.6 Å². The second-order valence-electron chi connectivity index (χ2n) is 9.18. The number of hydrogen-bond donors (Lipinski definition) is 1. The molecule has 0 radical (unpaired) electrons. The minimum atomic E-state index is -0.731. The first-order chi connectivity index (χ1) is 18.1. The van der Waals surface area contributed by atoms with E-state index < -0.39 is 6.04 Å². The third-order valence-corrected chi connectivity index (χ3v) is 6.76. The fraction of sp³-hybridized carbons (Fsp3) is 0.194. The lowest BCUT2D eigenvalue weighted by Crippen LogP contribution is -2.53. The van der Waals surface area contributed by atoms with Crippen LogP contribution in [0, 0.1) is 0 Å². The molecule has 0 aromatic heterocycles. The van der Waals surface area contributed by atoms with Gasteiger partial charge in [0.15, 0.2) is 0 Å². The average Bonchev–Trinajstić information content (AvgIpc) is 3.20. The van der Waals surface area contributed by atoms with Gasteiger partial charge in [0.05, 0.1) is 5.69 Å². The second-order valence-corrected chi connectivity index (χ2v) is 9.18. The summed E-state index contributed by atoms with van der Waals surface area (Å²) < 4.78 is 0. The summed E-state index contributed by atoms with van der Waals surface area (Å²) in [4.78, 5) is 43.9. The van der Waals surface area contributed by atoms with Gasteiger partial charge in [0.2, 0.25) is 11.8 Å². The number of amides is 3. The predicted octanol–water partition coefficient (Wildman–Crippen LogP) is 4.58. The smallest absolute Gasteiger partial charge is 0.259 e. The van der Waals surface area contributed by atoms with Crippen LogP contribution in [-0.2, 0) is 22.6 Å². The third-order valence-electron chi connectivity index (χ3n) is 6.76. The van der Waals surface area contributed by atoms with Gasteiger partial charge in [0, 0.05) is 30.5 Å². The molecule has 0 fully saturated rings. The summed E-state index contributed by atoms with van der Waals surface area (Å²) in [6, 6.07) is 29.9. The van der Waals surface area contributed by atoms with Crippen LogP contribution in [0.1, 0.15) is 28.4 Å². The van der Waals surface area contributed by atoms with Crippen LogP contribution in [0.25, 0.3) is 10.8 Å². The molecule has 6 heteroatoms. The summed E-state index contributed by atoms with van der Waals surface area (Å²) in [5, 5.41) is 4.73. The van der Waals surface area contributed by atoms with Gasteiger partial charge in [-0.25, -0.2) is 0 Å². The molecule has 5 rings (SSSR count). The Hall–Kier alpha value is -4.45. The number of carbonyl (C=O) groups excluding carboxylic acids is 3. The van der Waals surface area contributed by atoms with Crippen molar-refractivity contribution in [2.24, 2.45) is 0 Å². The Balaban J connectivity index is 1.49.